The van der Waals surface area contributed by atoms with Crippen molar-refractivity contribution in [2.45, 2.75) is 24.8 Å². The fourth-order valence-electron chi connectivity index (χ4n) is 2.47. The van der Waals surface area contributed by atoms with Gasteiger partial charge in [0.05, 0.1) is 17.6 Å². The van der Waals surface area contributed by atoms with E-state index in [1.54, 1.807) is 49.0 Å². The number of thioether (sulfide) groups is 1. The Morgan fingerprint density at radius 3 is 2.32 bits per heavy atom. The first-order valence-electron chi connectivity index (χ1n) is 7.91. The first-order chi connectivity index (χ1) is 11.8. The van der Waals surface area contributed by atoms with Gasteiger partial charge in [-0.25, -0.2) is 8.42 Å². The Labute approximate surface area is 153 Å². The molecule has 7 heteroatoms. The minimum Gasteiger partial charge on any atom is -0.323 e. The van der Waals surface area contributed by atoms with Crippen molar-refractivity contribution in [2.75, 3.05) is 21.6 Å². The van der Waals surface area contributed by atoms with Gasteiger partial charge in [-0.15, -0.1) is 11.8 Å². The van der Waals surface area contributed by atoms with Crippen molar-refractivity contribution in [2.24, 2.45) is 0 Å². The van der Waals surface area contributed by atoms with E-state index in [2.05, 4.69) is 5.32 Å². The maximum atomic E-state index is 12.7. The van der Waals surface area contributed by atoms with Gasteiger partial charge in [0, 0.05) is 4.90 Å². The van der Waals surface area contributed by atoms with E-state index in [1.165, 1.54) is 0 Å². The van der Waals surface area contributed by atoms with Crippen LogP contribution in [-0.4, -0.2) is 32.4 Å². The quantitative estimate of drug-likeness (QED) is 0.748. The highest BCUT2D eigenvalue weighted by molar-refractivity contribution is 7.99. The molecule has 0 aromatic heterocycles. The summed E-state index contributed by atoms with van der Waals surface area (Å²) >= 11 is 1.62. The third kappa shape index (κ3) is 4.99. The molecule has 25 heavy (non-hydrogen) atoms. The van der Waals surface area contributed by atoms with Gasteiger partial charge in [0.15, 0.2) is 0 Å². The lowest BCUT2D eigenvalue weighted by atomic mass is 10.2. The van der Waals surface area contributed by atoms with Gasteiger partial charge in [-0.1, -0.05) is 37.3 Å². The van der Waals surface area contributed by atoms with Gasteiger partial charge in [-0.2, -0.15) is 0 Å². The smallest absolute Gasteiger partial charge is 0.248 e. The third-order valence-electron chi connectivity index (χ3n) is 3.54. The van der Waals surface area contributed by atoms with Crippen LogP contribution in [0.1, 0.15) is 13.8 Å². The van der Waals surface area contributed by atoms with Gasteiger partial charge in [-0.3, -0.25) is 9.10 Å². The number of anilines is 2. The molecular weight excluding hydrogens is 356 g/mol. The van der Waals surface area contributed by atoms with Crippen LogP contribution in [0, 0.1) is 0 Å². The molecule has 0 fully saturated rings. The van der Waals surface area contributed by atoms with E-state index in [0.29, 0.717) is 11.4 Å². The standard InChI is InChI=1S/C18H22N2O3S2/c1-4-24-17-13-9-8-12-16(17)19-18(21)14(2)20(25(3,22)23)15-10-6-5-7-11-15/h5-14H,4H2,1-3H3,(H,19,21)/t14-/m0/s1. The molecule has 1 atom stereocenters. The van der Waals surface area contributed by atoms with Crippen LogP contribution in [-0.2, 0) is 14.8 Å². The number of nitrogens with zero attached hydrogens (tertiary/aromatic N) is 1. The molecule has 2 aromatic rings. The van der Waals surface area contributed by atoms with Crippen LogP contribution in [0.3, 0.4) is 0 Å². The molecule has 0 aliphatic heterocycles. The first kappa shape index (κ1) is 19.3. The van der Waals surface area contributed by atoms with E-state index >= 15 is 0 Å². The Morgan fingerprint density at radius 2 is 1.72 bits per heavy atom. The fraction of sp³-hybridized carbons (Fsp3) is 0.278. The maximum absolute atomic E-state index is 12.7. The molecule has 2 aromatic carbocycles. The Kier molecular flexibility index (Phi) is 6.50. The second-order valence-corrected chi connectivity index (χ2v) is 8.65. The van der Waals surface area contributed by atoms with E-state index in [1.807, 2.05) is 31.2 Å². The van der Waals surface area contributed by atoms with Crippen LogP contribution in [0.25, 0.3) is 0 Å². The summed E-state index contributed by atoms with van der Waals surface area (Å²) in [5.41, 5.74) is 1.15. The molecule has 0 bridgehead atoms. The Hall–Kier alpha value is -1.99. The second-order valence-electron chi connectivity index (χ2n) is 5.49. The zero-order chi connectivity index (χ0) is 18.4. The number of para-hydroxylation sites is 2. The van der Waals surface area contributed by atoms with Gasteiger partial charge in [0.1, 0.15) is 6.04 Å². The molecule has 1 amide bonds. The predicted molar refractivity (Wildman–Crippen MR) is 105 cm³/mol. The Bertz CT molecular complexity index is 823. The summed E-state index contributed by atoms with van der Waals surface area (Å²) < 4.78 is 25.6. The van der Waals surface area contributed by atoms with Crippen molar-refractivity contribution in [3.8, 4) is 0 Å². The average Bonchev–Trinajstić information content (AvgIpc) is 2.56. The lowest BCUT2D eigenvalue weighted by Gasteiger charge is -2.28. The van der Waals surface area contributed by atoms with Crippen LogP contribution in [0.2, 0.25) is 0 Å². The van der Waals surface area contributed by atoms with Crippen LogP contribution in [0.5, 0.6) is 0 Å². The van der Waals surface area contributed by atoms with E-state index in [9.17, 15) is 13.2 Å². The van der Waals surface area contributed by atoms with Crippen LogP contribution in [0.15, 0.2) is 59.5 Å². The summed E-state index contributed by atoms with van der Waals surface area (Å²) in [4.78, 5) is 13.7. The highest BCUT2D eigenvalue weighted by atomic mass is 32.2. The molecule has 0 heterocycles. The Balaban J connectivity index is 2.28. The number of carbonyl (C=O) groups is 1. The number of hydrogen-bond acceptors (Lipinski definition) is 4. The molecule has 0 radical (unpaired) electrons. The second kappa shape index (κ2) is 8.40. The summed E-state index contributed by atoms with van der Waals surface area (Å²) in [7, 11) is -3.61. The van der Waals surface area contributed by atoms with Crippen molar-refractivity contribution in [1.29, 1.82) is 0 Å². The molecule has 0 saturated carbocycles. The van der Waals surface area contributed by atoms with Gasteiger partial charge in [0.25, 0.3) is 0 Å². The zero-order valence-corrected chi connectivity index (χ0v) is 16.1. The lowest BCUT2D eigenvalue weighted by molar-refractivity contribution is -0.116. The number of hydrogen-bond donors (Lipinski definition) is 1. The van der Waals surface area contributed by atoms with Gasteiger partial charge in [0.2, 0.25) is 15.9 Å². The van der Waals surface area contributed by atoms with Crippen LogP contribution >= 0.6 is 11.8 Å². The van der Waals surface area contributed by atoms with Crippen LogP contribution in [0.4, 0.5) is 11.4 Å². The van der Waals surface area contributed by atoms with Crippen molar-refractivity contribution in [3.05, 3.63) is 54.6 Å². The number of benzene rings is 2. The molecule has 0 spiro atoms. The van der Waals surface area contributed by atoms with Crippen molar-refractivity contribution in [1.82, 2.24) is 0 Å². The summed E-state index contributed by atoms with van der Waals surface area (Å²) in [5, 5.41) is 2.85. The van der Waals surface area contributed by atoms with E-state index in [-0.39, 0.29) is 5.91 Å². The molecule has 0 saturated heterocycles. The summed E-state index contributed by atoms with van der Waals surface area (Å²) in [6.07, 6.45) is 1.10. The monoisotopic (exact) mass is 378 g/mol. The highest BCUT2D eigenvalue weighted by Crippen LogP contribution is 2.27. The van der Waals surface area contributed by atoms with Gasteiger partial charge in [-0.05, 0) is 36.9 Å². The number of nitrogens with one attached hydrogen (secondary N) is 1. The lowest BCUT2D eigenvalue weighted by Crippen LogP contribution is -2.45. The zero-order valence-electron chi connectivity index (χ0n) is 14.5. The van der Waals surface area contributed by atoms with E-state index < -0.39 is 16.1 Å². The average molecular weight is 379 g/mol. The molecule has 0 unspecified atom stereocenters. The number of amides is 1. The topological polar surface area (TPSA) is 66.5 Å². The molecule has 134 valence electrons. The minimum atomic E-state index is -3.61. The fourth-order valence-corrected chi connectivity index (χ4v) is 4.41. The SMILES string of the molecule is CCSc1ccccc1NC(=O)[C@H](C)N(c1ccccc1)S(C)(=O)=O. The first-order valence-corrected chi connectivity index (χ1v) is 10.7. The third-order valence-corrected chi connectivity index (χ3v) is 5.74. The molecule has 2 rings (SSSR count). The van der Waals surface area contributed by atoms with Gasteiger partial charge < -0.3 is 5.32 Å². The van der Waals surface area contributed by atoms with E-state index in [0.717, 1.165) is 21.2 Å². The van der Waals surface area contributed by atoms with Crippen molar-refractivity contribution >= 4 is 39.1 Å². The Morgan fingerprint density at radius 1 is 1.12 bits per heavy atom. The number of rotatable bonds is 7. The highest BCUT2D eigenvalue weighted by Gasteiger charge is 2.29. The van der Waals surface area contributed by atoms with Crippen molar-refractivity contribution in [3.63, 3.8) is 0 Å². The van der Waals surface area contributed by atoms with Crippen LogP contribution < -0.4 is 9.62 Å². The summed E-state index contributed by atoms with van der Waals surface area (Å²) in [5.74, 6) is 0.500. The van der Waals surface area contributed by atoms with E-state index in [4.69, 9.17) is 0 Å². The van der Waals surface area contributed by atoms with Gasteiger partial charge >= 0.3 is 0 Å². The molecular formula is C18H22N2O3S2. The number of sulfonamides is 1. The molecule has 0 aliphatic rings. The largest absolute Gasteiger partial charge is 0.323 e. The maximum Gasteiger partial charge on any atom is 0.248 e. The normalized spacial score (nSPS) is 12.4. The predicted octanol–water partition coefficient (Wildman–Crippen LogP) is 3.59. The molecule has 1 N–H and O–H groups in total. The summed E-state index contributed by atoms with van der Waals surface area (Å²) in [6.45, 7) is 3.62. The van der Waals surface area contributed by atoms with Crippen molar-refractivity contribution < 1.29 is 13.2 Å². The summed E-state index contributed by atoms with van der Waals surface area (Å²) in [6, 6.07) is 15.2. The molecule has 0 aliphatic carbocycles. The molecule has 5 nitrogen and oxygen atoms in total. The minimum absolute atomic E-state index is 0.376. The number of carbonyl (C=O) groups excluding carboxylic acids is 1.